The molecule has 314 valence electrons. The maximum absolute atomic E-state index is 14.5. The van der Waals surface area contributed by atoms with Gasteiger partial charge in [0, 0.05) is 65.3 Å². The van der Waals surface area contributed by atoms with Crippen LogP contribution in [0.3, 0.4) is 0 Å². The van der Waals surface area contributed by atoms with E-state index in [-0.39, 0.29) is 16.9 Å². The lowest BCUT2D eigenvalue weighted by atomic mass is 9.81. The Balaban J connectivity index is 1.47. The van der Waals surface area contributed by atoms with E-state index in [0.717, 1.165) is 79.6 Å². The van der Waals surface area contributed by atoms with Crippen LogP contribution in [-0.4, -0.2) is 45.7 Å². The van der Waals surface area contributed by atoms with Gasteiger partial charge in [-0.2, -0.15) is 8.91 Å². The van der Waals surface area contributed by atoms with E-state index in [4.69, 9.17) is 4.74 Å². The number of fused-ring (bicyclic) bond motifs is 2. The predicted octanol–water partition coefficient (Wildman–Crippen LogP) is 11.6. The van der Waals surface area contributed by atoms with Crippen LogP contribution in [0, 0.1) is 0 Å². The number of hydrogen-bond acceptors (Lipinski definition) is 7. The van der Waals surface area contributed by atoms with Crippen LogP contribution in [0.1, 0.15) is 117 Å². The van der Waals surface area contributed by atoms with Gasteiger partial charge in [-0.1, -0.05) is 106 Å². The van der Waals surface area contributed by atoms with Crippen LogP contribution in [0.2, 0.25) is 0 Å². The lowest BCUT2D eigenvalue weighted by molar-refractivity contribution is -0.777. The molecule has 1 aliphatic carbocycles. The summed E-state index contributed by atoms with van der Waals surface area (Å²) >= 11 is 1.04. The summed E-state index contributed by atoms with van der Waals surface area (Å²) in [6.07, 6.45) is 15.6. The molecule has 3 aliphatic rings. The number of hydrogen-bond donors (Lipinski definition) is 0. The smallest absolute Gasteiger partial charge is 0.415 e. The van der Waals surface area contributed by atoms with Crippen LogP contribution >= 0.6 is 12.0 Å². The number of ether oxygens (including phenoxy) is 1. The summed E-state index contributed by atoms with van der Waals surface area (Å²) in [4.78, 5) is 18.8. The number of unbranched alkanes of at least 4 members (excludes halogenated alkanes) is 3. The Morgan fingerprint density at radius 1 is 0.864 bits per heavy atom. The van der Waals surface area contributed by atoms with Crippen molar-refractivity contribution in [3.05, 3.63) is 142 Å². The summed E-state index contributed by atoms with van der Waals surface area (Å²) in [6.45, 7) is 19.4. The molecule has 59 heavy (non-hydrogen) atoms. The van der Waals surface area contributed by atoms with Crippen LogP contribution in [0.5, 0.6) is 0 Å². The lowest BCUT2D eigenvalue weighted by Gasteiger charge is -2.30. The van der Waals surface area contributed by atoms with Crippen molar-refractivity contribution in [1.29, 1.82) is 0 Å². The van der Waals surface area contributed by atoms with Crippen molar-refractivity contribution in [2.75, 3.05) is 23.7 Å². The van der Waals surface area contributed by atoms with Gasteiger partial charge in [-0.25, -0.2) is 4.79 Å². The van der Waals surface area contributed by atoms with Crippen molar-refractivity contribution in [1.82, 2.24) is 4.90 Å². The number of carbonyl (C=O) groups excluding carboxylic acids is 1. The van der Waals surface area contributed by atoms with Crippen molar-refractivity contribution in [3.8, 4) is 0 Å². The van der Waals surface area contributed by atoms with Gasteiger partial charge in [0.05, 0.1) is 17.7 Å². The highest BCUT2D eigenvalue weighted by Crippen LogP contribution is 2.48. The number of carbonyl (C=O) groups is 1. The number of allylic oxidation sites excluding steroid dienone is 7. The Kier molecular flexibility index (Phi) is 14.5. The molecule has 3 aromatic carbocycles. The molecular weight excluding hydrogens is 755 g/mol. The second-order valence-corrected chi connectivity index (χ2v) is 18.6. The van der Waals surface area contributed by atoms with Crippen molar-refractivity contribution in [2.45, 2.75) is 123 Å². The fraction of sp³-hybridized carbons (Fsp3) is 0.440. The molecule has 0 atom stereocenters. The van der Waals surface area contributed by atoms with Gasteiger partial charge in [0.25, 0.3) is 0 Å². The number of amides is 1. The molecule has 0 radical (unpaired) electrons. The highest BCUT2D eigenvalue weighted by Gasteiger charge is 2.44. The molecule has 3 aromatic rings. The Morgan fingerprint density at radius 2 is 1.58 bits per heavy atom. The van der Waals surface area contributed by atoms with Crippen LogP contribution < -0.4 is 10.2 Å². The topological polar surface area (TPSA) is 77.3 Å². The number of anilines is 1. The molecule has 0 unspecified atom stereocenters. The first-order chi connectivity index (χ1) is 28.3. The van der Waals surface area contributed by atoms with Gasteiger partial charge in [-0.15, -0.1) is 0 Å². The van der Waals surface area contributed by atoms with E-state index in [2.05, 4.69) is 138 Å². The zero-order valence-electron chi connectivity index (χ0n) is 36.4. The molecule has 2 aliphatic heterocycles. The minimum atomic E-state index is -0.672. The molecule has 0 bridgehead atoms. The Morgan fingerprint density at radius 3 is 2.31 bits per heavy atom. The van der Waals surface area contributed by atoms with Gasteiger partial charge in [0.15, 0.2) is 5.71 Å². The molecular formula is C50H63N3O5S. The molecule has 0 saturated heterocycles. The fourth-order valence-electron chi connectivity index (χ4n) is 8.83. The maximum atomic E-state index is 14.5. The first-order valence-corrected chi connectivity index (χ1v) is 22.3. The largest absolute Gasteiger partial charge is 0.691 e. The van der Waals surface area contributed by atoms with E-state index < -0.39 is 5.60 Å². The van der Waals surface area contributed by atoms with Gasteiger partial charge in [0.1, 0.15) is 12.1 Å². The van der Waals surface area contributed by atoms with E-state index in [9.17, 15) is 10.1 Å². The highest BCUT2D eigenvalue weighted by atomic mass is 32.2. The van der Waals surface area contributed by atoms with Crippen molar-refractivity contribution in [3.63, 3.8) is 0 Å². The van der Waals surface area contributed by atoms with Crippen molar-refractivity contribution in [2.24, 2.45) is 0 Å². The van der Waals surface area contributed by atoms with Crippen LogP contribution in [0.15, 0.2) is 126 Å². The van der Waals surface area contributed by atoms with Gasteiger partial charge in [0.2, 0.25) is 5.69 Å². The average molecular weight is 818 g/mol. The Labute approximate surface area is 357 Å². The molecule has 1 amide bonds. The van der Waals surface area contributed by atoms with E-state index in [1.54, 1.807) is 0 Å². The molecule has 0 spiro atoms. The van der Waals surface area contributed by atoms with Crippen LogP contribution in [0.25, 0.3) is 0 Å². The number of rotatable bonds is 17. The summed E-state index contributed by atoms with van der Waals surface area (Å²) in [5.41, 5.74) is 10.7. The molecule has 6 rings (SSSR count). The molecule has 9 heteroatoms. The molecule has 2 heterocycles. The van der Waals surface area contributed by atoms with E-state index in [0.29, 0.717) is 12.3 Å². The van der Waals surface area contributed by atoms with E-state index in [1.165, 1.54) is 46.8 Å². The van der Waals surface area contributed by atoms with Gasteiger partial charge >= 0.3 is 6.09 Å². The first-order valence-electron chi connectivity index (χ1n) is 21.3. The second kappa shape index (κ2) is 19.3. The fourth-order valence-corrected chi connectivity index (χ4v) is 9.26. The third kappa shape index (κ3) is 10.1. The Hall–Kier alpha value is -4.41. The normalized spacial score (nSPS) is 18.4. The second-order valence-electron chi connectivity index (χ2n) is 17.8. The minimum absolute atomic E-state index is 0.182. The van der Waals surface area contributed by atoms with Gasteiger partial charge in [-0.3, -0.25) is 9.94 Å². The van der Waals surface area contributed by atoms with Crippen molar-refractivity contribution < 1.29 is 28.7 Å². The monoisotopic (exact) mass is 817 g/mol. The molecule has 0 N–H and O–H groups in total. The first kappa shape index (κ1) is 44.2. The SMILES string of the molecule is CCCCC[N+]1=C(C=CC2=C(N(Cc3ccccc3)C(=O)OC(C)(C)C)C(=CC=C3N(CCCCSOO[O-])c4ccccc4C3(C)C)CC2)C(C)(C)c2ccccc21. The quantitative estimate of drug-likeness (QED) is 0.0441. The highest BCUT2D eigenvalue weighted by molar-refractivity contribution is 7.94. The van der Waals surface area contributed by atoms with E-state index in [1.807, 2.05) is 43.9 Å². The third-order valence-corrected chi connectivity index (χ3v) is 12.4. The van der Waals surface area contributed by atoms with Crippen LogP contribution in [-0.2, 0) is 31.5 Å². The summed E-state index contributed by atoms with van der Waals surface area (Å²) in [7, 11) is 0. The lowest BCUT2D eigenvalue weighted by Crippen LogP contribution is -2.36. The molecule has 0 saturated carbocycles. The van der Waals surface area contributed by atoms with Gasteiger partial charge < -0.3 is 14.9 Å². The summed E-state index contributed by atoms with van der Waals surface area (Å²) in [6, 6.07) is 27.7. The standard InChI is InChI=1S/C50H63N3O5S/c1-9-10-18-33-51-42-25-16-14-23-40(42)49(5,6)44(51)31-29-38-27-28-39(46(38)53(47(54)56-48(2,3)4)36-37-21-12-11-13-22-37)30-32-45-50(7,8)41-24-15-17-26-43(41)52(45)34-19-20-35-59-58-57-55/h11-17,21-26,29-32H,9-10,18-20,27-28,33-36H2,1-8H3. The average Bonchev–Trinajstić information content (AvgIpc) is 3.77. The summed E-state index contributed by atoms with van der Waals surface area (Å²) in [5.74, 6) is 0.662. The minimum Gasteiger partial charge on any atom is -0.691 e. The number of nitrogens with zero attached hydrogens (tertiary/aromatic N) is 3. The third-order valence-electron chi connectivity index (χ3n) is 11.7. The number of benzene rings is 3. The molecule has 0 aromatic heterocycles. The molecule has 0 fully saturated rings. The molecule has 8 nitrogen and oxygen atoms in total. The zero-order valence-corrected chi connectivity index (χ0v) is 37.2. The zero-order chi connectivity index (χ0) is 42.2. The van der Waals surface area contributed by atoms with Crippen LogP contribution in [0.4, 0.5) is 16.2 Å². The predicted molar refractivity (Wildman–Crippen MR) is 239 cm³/mol. The van der Waals surface area contributed by atoms with Crippen molar-refractivity contribution >= 4 is 35.2 Å². The maximum Gasteiger partial charge on any atom is 0.415 e. The van der Waals surface area contributed by atoms with Gasteiger partial charge in [-0.05, 0) is 101 Å². The summed E-state index contributed by atoms with van der Waals surface area (Å²) in [5, 5.41) is 13.8. The van der Waals surface area contributed by atoms with E-state index >= 15 is 0 Å². The Bertz CT molecular complexity index is 2110. The number of para-hydroxylation sites is 2. The summed E-state index contributed by atoms with van der Waals surface area (Å²) < 4.78 is 13.2.